The molecule has 0 atom stereocenters. The van der Waals surface area contributed by atoms with Crippen LogP contribution in [0.5, 0.6) is 11.5 Å². The molecular formula is C22H21N5O3. The Morgan fingerprint density at radius 1 is 0.933 bits per heavy atom. The zero-order valence-corrected chi connectivity index (χ0v) is 16.8. The van der Waals surface area contributed by atoms with E-state index in [0.717, 1.165) is 4.57 Å². The predicted molar refractivity (Wildman–Crippen MR) is 113 cm³/mol. The lowest BCUT2D eigenvalue weighted by atomic mass is 10.2. The molecule has 0 N–H and O–H groups in total. The van der Waals surface area contributed by atoms with Gasteiger partial charge in [0.15, 0.2) is 17.3 Å². The van der Waals surface area contributed by atoms with Crippen LogP contribution in [0.25, 0.3) is 22.9 Å². The molecule has 0 bridgehead atoms. The molecule has 2 aliphatic rings. The Morgan fingerprint density at radius 3 is 2.43 bits per heavy atom. The van der Waals surface area contributed by atoms with Crippen LogP contribution in [0, 0.1) is 0 Å². The molecule has 8 heteroatoms. The number of fused-ring (bicyclic) bond motifs is 1. The average molecular weight is 403 g/mol. The van der Waals surface area contributed by atoms with E-state index in [0.29, 0.717) is 42.4 Å². The van der Waals surface area contributed by atoms with Crippen LogP contribution in [0.3, 0.4) is 0 Å². The second-order valence-corrected chi connectivity index (χ2v) is 6.72. The van der Waals surface area contributed by atoms with Crippen molar-refractivity contribution in [1.82, 2.24) is 24.3 Å². The summed E-state index contributed by atoms with van der Waals surface area (Å²) in [4.78, 5) is 33.7. The van der Waals surface area contributed by atoms with Crippen molar-refractivity contribution in [2.24, 2.45) is 0 Å². The van der Waals surface area contributed by atoms with Crippen LogP contribution in [-0.2, 0) is 13.1 Å². The van der Waals surface area contributed by atoms with Crippen molar-refractivity contribution < 1.29 is 4.74 Å². The largest absolute Gasteiger partial charge is 0.457 e. The fraction of sp³-hybridized carbons (Fsp3) is 0.227. The highest BCUT2D eigenvalue weighted by Crippen LogP contribution is 2.26. The van der Waals surface area contributed by atoms with Gasteiger partial charge in [-0.25, -0.2) is 14.5 Å². The summed E-state index contributed by atoms with van der Waals surface area (Å²) >= 11 is 0. The number of para-hydroxylation sites is 1. The summed E-state index contributed by atoms with van der Waals surface area (Å²) < 4.78 is 8.54. The number of hydrogen-bond donors (Lipinski definition) is 0. The van der Waals surface area contributed by atoms with Gasteiger partial charge in [-0.1, -0.05) is 37.3 Å². The maximum absolute atomic E-state index is 12.9. The van der Waals surface area contributed by atoms with E-state index in [1.54, 1.807) is 0 Å². The fourth-order valence-electron chi connectivity index (χ4n) is 3.17. The standard InChI is InChI=1S/C22H21N5O3/c1-3-13-26-21(28)18-20(24-22(26)29)27(4-2)25-19(23-18)15-9-8-12-17(14-15)30-16-10-6-5-7-11-16/h5-12,14H,3-4,13H2,1-2H3. The number of benzene rings is 2. The third kappa shape index (κ3) is 3.71. The minimum absolute atomic E-state index is 0.129. The van der Waals surface area contributed by atoms with E-state index < -0.39 is 11.2 Å². The Hall–Kier alpha value is -3.81. The van der Waals surface area contributed by atoms with E-state index in [1.807, 2.05) is 68.4 Å². The maximum atomic E-state index is 12.9. The monoisotopic (exact) mass is 403 g/mol. The lowest BCUT2D eigenvalue weighted by Gasteiger charge is -2.14. The van der Waals surface area contributed by atoms with E-state index in [-0.39, 0.29) is 11.5 Å². The number of nitrogens with zero attached hydrogens (tertiary/aromatic N) is 5. The topological polar surface area (TPSA) is 91.9 Å². The van der Waals surface area contributed by atoms with Crippen LogP contribution < -0.4 is 16.0 Å². The molecule has 4 rings (SSSR count). The summed E-state index contributed by atoms with van der Waals surface area (Å²) in [6, 6.07) is 16.8. The van der Waals surface area contributed by atoms with Crippen LogP contribution in [0.2, 0.25) is 0 Å². The highest BCUT2D eigenvalue weighted by Gasteiger charge is 2.21. The van der Waals surface area contributed by atoms with Crippen LogP contribution in [0.1, 0.15) is 20.3 Å². The van der Waals surface area contributed by atoms with Crippen molar-refractivity contribution in [3.8, 4) is 34.4 Å². The molecule has 2 aliphatic heterocycles. The van der Waals surface area contributed by atoms with Crippen molar-refractivity contribution in [2.75, 3.05) is 0 Å². The predicted octanol–water partition coefficient (Wildman–Crippen LogP) is 3.19. The molecule has 2 aromatic carbocycles. The highest BCUT2D eigenvalue weighted by atomic mass is 16.5. The Labute approximate surface area is 172 Å². The third-order valence-electron chi connectivity index (χ3n) is 4.59. The first kappa shape index (κ1) is 19.5. The van der Waals surface area contributed by atoms with Crippen molar-refractivity contribution in [3.05, 3.63) is 75.4 Å². The summed E-state index contributed by atoms with van der Waals surface area (Å²) in [5, 5.41) is 4.50. The Balaban J connectivity index is 1.83. The zero-order chi connectivity index (χ0) is 21.1. The van der Waals surface area contributed by atoms with E-state index in [1.165, 1.54) is 4.68 Å². The highest BCUT2D eigenvalue weighted by molar-refractivity contribution is 5.61. The SMILES string of the molecule is CCCn1c(=O)nc2n(CC)nc(-c3cccc(Oc4ccccc4)c3)nc-2c1=O. The number of hydrogen-bond acceptors (Lipinski definition) is 6. The van der Waals surface area contributed by atoms with Gasteiger partial charge < -0.3 is 4.74 Å². The molecule has 0 amide bonds. The Morgan fingerprint density at radius 2 is 1.70 bits per heavy atom. The van der Waals surface area contributed by atoms with Gasteiger partial charge in [0.1, 0.15) is 11.5 Å². The molecule has 152 valence electrons. The Bertz CT molecular complexity index is 1260. The first-order chi connectivity index (χ1) is 14.6. The van der Waals surface area contributed by atoms with E-state index in [4.69, 9.17) is 4.74 Å². The summed E-state index contributed by atoms with van der Waals surface area (Å²) in [6.07, 6.45) is 0.646. The molecule has 0 spiro atoms. The quantitative estimate of drug-likeness (QED) is 0.491. The van der Waals surface area contributed by atoms with Gasteiger partial charge in [0.05, 0.1) is 0 Å². The second kappa shape index (κ2) is 8.28. The van der Waals surface area contributed by atoms with Crippen LogP contribution in [0.4, 0.5) is 0 Å². The van der Waals surface area contributed by atoms with Gasteiger partial charge in [-0.3, -0.25) is 9.36 Å². The number of aryl methyl sites for hydroxylation is 1. The normalized spacial score (nSPS) is 11.0. The molecule has 2 heterocycles. The van der Waals surface area contributed by atoms with Crippen LogP contribution in [0.15, 0.2) is 64.2 Å². The number of ether oxygens (including phenoxy) is 1. The molecule has 0 unspecified atom stereocenters. The van der Waals surface area contributed by atoms with Gasteiger partial charge in [0.2, 0.25) is 0 Å². The minimum Gasteiger partial charge on any atom is -0.457 e. The first-order valence-electron chi connectivity index (χ1n) is 9.83. The number of rotatable bonds is 6. The van der Waals surface area contributed by atoms with Gasteiger partial charge >= 0.3 is 5.69 Å². The van der Waals surface area contributed by atoms with Crippen molar-refractivity contribution in [2.45, 2.75) is 33.4 Å². The third-order valence-corrected chi connectivity index (χ3v) is 4.59. The van der Waals surface area contributed by atoms with Crippen molar-refractivity contribution in [3.63, 3.8) is 0 Å². The van der Waals surface area contributed by atoms with E-state index in [2.05, 4.69) is 15.1 Å². The van der Waals surface area contributed by atoms with Crippen molar-refractivity contribution in [1.29, 1.82) is 0 Å². The molecule has 0 radical (unpaired) electrons. The fourth-order valence-corrected chi connectivity index (χ4v) is 3.17. The van der Waals surface area contributed by atoms with E-state index >= 15 is 0 Å². The summed E-state index contributed by atoms with van der Waals surface area (Å²) in [5.74, 6) is 1.90. The molecule has 2 aromatic rings. The minimum atomic E-state index is -0.578. The van der Waals surface area contributed by atoms with Gasteiger partial charge in [-0.2, -0.15) is 10.1 Å². The van der Waals surface area contributed by atoms with Gasteiger partial charge in [0.25, 0.3) is 5.56 Å². The average Bonchev–Trinajstić information content (AvgIpc) is 2.77. The summed E-state index contributed by atoms with van der Waals surface area (Å²) in [7, 11) is 0. The molecular weight excluding hydrogens is 382 g/mol. The maximum Gasteiger partial charge on any atom is 0.352 e. The second-order valence-electron chi connectivity index (χ2n) is 6.72. The van der Waals surface area contributed by atoms with E-state index in [9.17, 15) is 9.59 Å². The lowest BCUT2D eigenvalue weighted by molar-refractivity contribution is 0.483. The summed E-state index contributed by atoms with van der Waals surface area (Å²) in [6.45, 7) is 4.50. The van der Waals surface area contributed by atoms with Gasteiger partial charge in [0, 0.05) is 18.7 Å². The lowest BCUT2D eigenvalue weighted by Crippen LogP contribution is -2.39. The molecule has 0 saturated carbocycles. The van der Waals surface area contributed by atoms with Gasteiger partial charge in [-0.15, -0.1) is 0 Å². The van der Waals surface area contributed by atoms with Crippen molar-refractivity contribution >= 4 is 0 Å². The molecule has 30 heavy (non-hydrogen) atoms. The molecule has 0 aromatic heterocycles. The molecule has 0 aliphatic carbocycles. The molecule has 0 fully saturated rings. The molecule has 0 saturated heterocycles. The van der Waals surface area contributed by atoms with Crippen LogP contribution >= 0.6 is 0 Å². The first-order valence-corrected chi connectivity index (χ1v) is 9.83. The smallest absolute Gasteiger partial charge is 0.352 e. The Kier molecular flexibility index (Phi) is 5.38. The molecule has 8 nitrogen and oxygen atoms in total. The van der Waals surface area contributed by atoms with Gasteiger partial charge in [-0.05, 0) is 37.6 Å². The zero-order valence-electron chi connectivity index (χ0n) is 16.8. The summed E-state index contributed by atoms with van der Waals surface area (Å²) in [5.41, 5.74) is -0.204. The van der Waals surface area contributed by atoms with Crippen LogP contribution in [-0.4, -0.2) is 24.3 Å². The number of aromatic nitrogens is 5.